The molecule has 0 aromatic heterocycles. The normalized spacial score (nSPS) is 21.5. The SMILES string of the molecule is CN1CC(C#N)c2ccccc2C1c1ccc2cccc-2o1. The number of benzene rings is 1. The highest BCUT2D eigenvalue weighted by Crippen LogP contribution is 2.40. The van der Waals surface area contributed by atoms with E-state index in [9.17, 15) is 5.26 Å². The van der Waals surface area contributed by atoms with Gasteiger partial charge in [-0.05, 0) is 36.4 Å². The van der Waals surface area contributed by atoms with Crippen LogP contribution in [-0.4, -0.2) is 18.5 Å². The Balaban J connectivity index is 1.87. The number of nitriles is 1. The van der Waals surface area contributed by atoms with Gasteiger partial charge in [-0.3, -0.25) is 4.90 Å². The van der Waals surface area contributed by atoms with Crippen LogP contribution in [0.3, 0.4) is 0 Å². The molecular weight excluding hydrogens is 272 g/mol. The summed E-state index contributed by atoms with van der Waals surface area (Å²) in [6.07, 6.45) is 0. The van der Waals surface area contributed by atoms with Crippen molar-refractivity contribution in [2.24, 2.45) is 0 Å². The van der Waals surface area contributed by atoms with E-state index in [1.807, 2.05) is 36.4 Å². The third-order valence-corrected chi connectivity index (χ3v) is 4.47. The van der Waals surface area contributed by atoms with Gasteiger partial charge in [0.25, 0.3) is 0 Å². The largest absolute Gasteiger partial charge is 0.459 e. The Hall–Kier alpha value is -2.57. The van der Waals surface area contributed by atoms with E-state index >= 15 is 0 Å². The standard InChI is InChI=1S/C19H16N2O/c1-21-12-14(11-20)15-6-2-3-7-16(15)19(21)18-10-9-13-5-4-8-17(13)22-18/h2-10,14,19H,12H2,1H3. The van der Waals surface area contributed by atoms with E-state index in [4.69, 9.17) is 4.42 Å². The number of likely N-dealkylation sites (N-methyl/N-ethyl adjacent to an activating group) is 1. The molecule has 3 nitrogen and oxygen atoms in total. The number of fused-ring (bicyclic) bond motifs is 2. The van der Waals surface area contributed by atoms with Crippen molar-refractivity contribution in [1.29, 1.82) is 5.26 Å². The summed E-state index contributed by atoms with van der Waals surface area (Å²) in [6, 6.07) is 20.9. The lowest BCUT2D eigenvalue weighted by atomic mass is 9.85. The molecule has 1 aromatic rings. The summed E-state index contributed by atoms with van der Waals surface area (Å²) < 4.78 is 6.11. The molecule has 0 fully saturated rings. The number of nitrogens with zero attached hydrogens (tertiary/aromatic N) is 2. The van der Waals surface area contributed by atoms with Crippen molar-refractivity contribution in [2.45, 2.75) is 12.0 Å². The zero-order valence-corrected chi connectivity index (χ0v) is 12.4. The van der Waals surface area contributed by atoms with Crippen LogP contribution in [0.15, 0.2) is 59.0 Å². The smallest absolute Gasteiger partial charge is 0.134 e. The highest BCUT2D eigenvalue weighted by Gasteiger charge is 2.33. The van der Waals surface area contributed by atoms with Crippen LogP contribution in [0, 0.1) is 11.3 Å². The van der Waals surface area contributed by atoms with Crippen molar-refractivity contribution >= 4 is 0 Å². The molecule has 0 N–H and O–H groups in total. The molecule has 2 heterocycles. The first-order valence-corrected chi connectivity index (χ1v) is 7.45. The van der Waals surface area contributed by atoms with Crippen LogP contribution in [-0.2, 0) is 0 Å². The Bertz CT molecular complexity index is 829. The molecule has 22 heavy (non-hydrogen) atoms. The van der Waals surface area contributed by atoms with Crippen LogP contribution >= 0.6 is 0 Å². The van der Waals surface area contributed by atoms with E-state index in [-0.39, 0.29) is 12.0 Å². The summed E-state index contributed by atoms with van der Waals surface area (Å²) in [5.74, 6) is 1.75. The first-order chi connectivity index (χ1) is 10.8. The maximum Gasteiger partial charge on any atom is 0.134 e. The van der Waals surface area contributed by atoms with E-state index in [1.165, 1.54) is 0 Å². The number of hydrogen-bond acceptors (Lipinski definition) is 3. The second kappa shape index (κ2) is 5.01. The first kappa shape index (κ1) is 13.1. The molecule has 0 spiro atoms. The van der Waals surface area contributed by atoms with Gasteiger partial charge in [0.1, 0.15) is 11.5 Å². The van der Waals surface area contributed by atoms with Gasteiger partial charge in [0.2, 0.25) is 0 Å². The molecule has 3 heteroatoms. The predicted octanol–water partition coefficient (Wildman–Crippen LogP) is 4.03. The molecule has 2 unspecified atom stereocenters. The fourth-order valence-electron chi connectivity index (χ4n) is 3.42. The average molecular weight is 288 g/mol. The fraction of sp³-hybridized carbons (Fsp3) is 0.211. The summed E-state index contributed by atoms with van der Waals surface area (Å²) >= 11 is 0. The minimum absolute atomic E-state index is 0.0556. The molecule has 108 valence electrons. The van der Waals surface area contributed by atoms with Crippen molar-refractivity contribution in [3.63, 3.8) is 0 Å². The van der Waals surface area contributed by atoms with Gasteiger partial charge in [0.15, 0.2) is 0 Å². The molecule has 0 saturated carbocycles. The van der Waals surface area contributed by atoms with E-state index in [2.05, 4.69) is 36.2 Å². The van der Waals surface area contributed by atoms with Gasteiger partial charge in [-0.2, -0.15) is 5.26 Å². The second-order valence-corrected chi connectivity index (χ2v) is 5.84. The van der Waals surface area contributed by atoms with Gasteiger partial charge in [-0.15, -0.1) is 0 Å². The van der Waals surface area contributed by atoms with E-state index in [0.29, 0.717) is 6.54 Å². The van der Waals surface area contributed by atoms with Crippen LogP contribution < -0.4 is 0 Å². The minimum atomic E-state index is -0.0832. The van der Waals surface area contributed by atoms with Crippen molar-refractivity contribution in [2.75, 3.05) is 13.6 Å². The Morgan fingerprint density at radius 1 is 1.05 bits per heavy atom. The zero-order chi connectivity index (χ0) is 15.1. The summed E-state index contributed by atoms with van der Waals surface area (Å²) in [7, 11) is 2.05. The monoisotopic (exact) mass is 288 g/mol. The molecule has 0 saturated heterocycles. The van der Waals surface area contributed by atoms with E-state index in [0.717, 1.165) is 28.2 Å². The summed E-state index contributed by atoms with van der Waals surface area (Å²) in [5, 5.41) is 9.43. The topological polar surface area (TPSA) is 40.2 Å². The summed E-state index contributed by atoms with van der Waals surface area (Å²) in [4.78, 5) is 2.20. The average Bonchev–Trinajstić information content (AvgIpc) is 3.01. The molecule has 0 bridgehead atoms. The highest BCUT2D eigenvalue weighted by molar-refractivity contribution is 5.60. The molecule has 0 radical (unpaired) electrons. The Morgan fingerprint density at radius 2 is 1.86 bits per heavy atom. The van der Waals surface area contributed by atoms with Gasteiger partial charge in [0.05, 0.1) is 18.0 Å². The lowest BCUT2D eigenvalue weighted by Crippen LogP contribution is -2.35. The summed E-state index contributed by atoms with van der Waals surface area (Å²) in [5.41, 5.74) is 3.40. The van der Waals surface area contributed by atoms with Crippen LogP contribution in [0.25, 0.3) is 11.3 Å². The Kier molecular flexibility index (Phi) is 2.99. The fourth-order valence-corrected chi connectivity index (χ4v) is 3.42. The number of hydrogen-bond donors (Lipinski definition) is 0. The third kappa shape index (κ3) is 1.93. The maximum absolute atomic E-state index is 9.43. The highest BCUT2D eigenvalue weighted by atomic mass is 16.3. The molecule has 2 aliphatic heterocycles. The van der Waals surface area contributed by atoms with Crippen molar-refractivity contribution in [3.8, 4) is 17.4 Å². The Labute approximate surface area is 129 Å². The van der Waals surface area contributed by atoms with Crippen LogP contribution in [0.5, 0.6) is 0 Å². The maximum atomic E-state index is 9.43. The molecule has 4 rings (SSSR count). The second-order valence-electron chi connectivity index (χ2n) is 5.84. The van der Waals surface area contributed by atoms with E-state index < -0.39 is 0 Å². The molecule has 3 aliphatic rings. The quantitative estimate of drug-likeness (QED) is 0.679. The van der Waals surface area contributed by atoms with Crippen molar-refractivity contribution in [1.82, 2.24) is 4.90 Å². The first-order valence-electron chi connectivity index (χ1n) is 7.45. The lowest BCUT2D eigenvalue weighted by Gasteiger charge is -2.36. The predicted molar refractivity (Wildman–Crippen MR) is 84.6 cm³/mol. The molecule has 2 atom stereocenters. The minimum Gasteiger partial charge on any atom is -0.459 e. The molecule has 1 aliphatic carbocycles. The van der Waals surface area contributed by atoms with Crippen LogP contribution in [0.2, 0.25) is 0 Å². The Morgan fingerprint density at radius 3 is 2.68 bits per heavy atom. The molecular formula is C19H16N2O. The van der Waals surface area contributed by atoms with Gasteiger partial charge < -0.3 is 4.42 Å². The van der Waals surface area contributed by atoms with Gasteiger partial charge >= 0.3 is 0 Å². The van der Waals surface area contributed by atoms with Gasteiger partial charge in [-0.1, -0.05) is 36.4 Å². The van der Waals surface area contributed by atoms with Crippen LogP contribution in [0.4, 0.5) is 0 Å². The molecule has 0 amide bonds. The third-order valence-electron chi connectivity index (χ3n) is 4.47. The number of rotatable bonds is 1. The summed E-state index contributed by atoms with van der Waals surface area (Å²) in [6.45, 7) is 0.715. The van der Waals surface area contributed by atoms with E-state index in [1.54, 1.807) is 0 Å². The molecule has 1 aromatic carbocycles. The van der Waals surface area contributed by atoms with Crippen molar-refractivity contribution in [3.05, 3.63) is 71.5 Å². The van der Waals surface area contributed by atoms with Gasteiger partial charge in [0, 0.05) is 12.1 Å². The zero-order valence-electron chi connectivity index (χ0n) is 12.4. The lowest BCUT2D eigenvalue weighted by molar-refractivity contribution is 0.225. The van der Waals surface area contributed by atoms with Gasteiger partial charge in [-0.25, -0.2) is 0 Å². The van der Waals surface area contributed by atoms with Crippen molar-refractivity contribution < 1.29 is 4.42 Å². The van der Waals surface area contributed by atoms with Crippen LogP contribution in [0.1, 0.15) is 28.8 Å².